The van der Waals surface area contributed by atoms with Crippen LogP contribution in [0.2, 0.25) is 0 Å². The van der Waals surface area contributed by atoms with Crippen molar-refractivity contribution in [1.82, 2.24) is 24.6 Å². The quantitative estimate of drug-likeness (QED) is 0.562. The SMILES string of the molecule is COc1cnc(Nc2cccc(C(=O)N3CCC3)c2)nc1-c1cnn(C(CN)C2CC2)c1. The van der Waals surface area contributed by atoms with Crippen LogP contribution in [-0.2, 0) is 0 Å². The minimum atomic E-state index is 0.0498. The molecule has 0 bridgehead atoms. The molecule has 9 nitrogen and oxygen atoms in total. The molecule has 1 aromatic carbocycles. The standard InChI is InChI=1S/C23H27N7O2/c1-32-20-13-25-23(27-18-5-2-4-16(10-18)22(31)29-8-3-9-29)28-21(20)17-12-26-30(14-17)19(11-24)15-6-7-15/h2,4-5,10,12-15,19H,3,6-9,11,24H2,1H3,(H,25,27,28). The third-order valence-electron chi connectivity index (χ3n) is 6.11. The lowest BCUT2D eigenvalue weighted by molar-refractivity contribution is 0.0652. The summed E-state index contributed by atoms with van der Waals surface area (Å²) in [7, 11) is 1.59. The van der Waals surface area contributed by atoms with Gasteiger partial charge in [-0.05, 0) is 43.4 Å². The largest absolute Gasteiger partial charge is 0.493 e. The van der Waals surface area contributed by atoms with Crippen LogP contribution in [0.25, 0.3) is 11.3 Å². The van der Waals surface area contributed by atoms with Gasteiger partial charge in [-0.1, -0.05) is 6.07 Å². The zero-order valence-corrected chi connectivity index (χ0v) is 18.1. The van der Waals surface area contributed by atoms with Crippen molar-refractivity contribution in [2.75, 3.05) is 32.1 Å². The Morgan fingerprint density at radius 3 is 2.84 bits per heavy atom. The molecule has 1 aliphatic heterocycles. The molecule has 1 amide bonds. The van der Waals surface area contributed by atoms with Crippen LogP contribution < -0.4 is 15.8 Å². The Morgan fingerprint density at radius 1 is 1.31 bits per heavy atom. The molecule has 2 aliphatic rings. The number of carbonyl (C=O) groups excluding carboxylic acids is 1. The second kappa shape index (κ2) is 8.58. The highest BCUT2D eigenvalue weighted by Gasteiger charge is 2.32. The molecule has 1 saturated heterocycles. The fourth-order valence-electron chi connectivity index (χ4n) is 3.99. The number of rotatable bonds is 8. The Balaban J connectivity index is 1.39. The van der Waals surface area contributed by atoms with E-state index in [0.29, 0.717) is 35.4 Å². The lowest BCUT2D eigenvalue weighted by Crippen LogP contribution is -2.42. The van der Waals surface area contributed by atoms with Crippen LogP contribution in [-0.4, -0.2) is 57.3 Å². The van der Waals surface area contributed by atoms with Crippen LogP contribution in [0.3, 0.4) is 0 Å². The van der Waals surface area contributed by atoms with Crippen molar-refractivity contribution >= 4 is 17.5 Å². The van der Waals surface area contributed by atoms with Crippen molar-refractivity contribution in [2.45, 2.75) is 25.3 Å². The number of anilines is 2. The van der Waals surface area contributed by atoms with Crippen molar-refractivity contribution in [2.24, 2.45) is 11.7 Å². The monoisotopic (exact) mass is 433 g/mol. The molecule has 0 radical (unpaired) electrons. The van der Waals surface area contributed by atoms with Crippen LogP contribution in [0.5, 0.6) is 5.75 Å². The molecule has 166 valence electrons. The lowest BCUT2D eigenvalue weighted by Gasteiger charge is -2.31. The highest BCUT2D eigenvalue weighted by molar-refractivity contribution is 5.95. The van der Waals surface area contributed by atoms with Crippen molar-refractivity contribution in [3.05, 3.63) is 48.4 Å². The van der Waals surface area contributed by atoms with Gasteiger partial charge in [0.25, 0.3) is 5.91 Å². The highest BCUT2D eigenvalue weighted by atomic mass is 16.5. The average molecular weight is 434 g/mol. The molecule has 9 heteroatoms. The average Bonchev–Trinajstić information content (AvgIpc) is 3.49. The van der Waals surface area contributed by atoms with Gasteiger partial charge in [-0.2, -0.15) is 5.10 Å². The van der Waals surface area contributed by atoms with Crippen molar-refractivity contribution in [1.29, 1.82) is 0 Å². The number of likely N-dealkylation sites (tertiary alicyclic amines) is 1. The van der Waals surface area contributed by atoms with Gasteiger partial charge in [-0.3, -0.25) is 9.48 Å². The number of nitrogens with two attached hydrogens (primary N) is 1. The molecule has 1 aliphatic carbocycles. The summed E-state index contributed by atoms with van der Waals surface area (Å²) in [6.45, 7) is 2.20. The molecule has 3 N–H and O–H groups in total. The predicted molar refractivity (Wildman–Crippen MR) is 121 cm³/mol. The van der Waals surface area contributed by atoms with Crippen molar-refractivity contribution < 1.29 is 9.53 Å². The summed E-state index contributed by atoms with van der Waals surface area (Å²) in [6, 6.07) is 7.61. The number of methoxy groups -OCH3 is 1. The molecule has 1 saturated carbocycles. The molecular formula is C23H27N7O2. The summed E-state index contributed by atoms with van der Waals surface area (Å²) < 4.78 is 7.43. The number of hydrogen-bond acceptors (Lipinski definition) is 7. The maximum Gasteiger partial charge on any atom is 0.253 e. The van der Waals surface area contributed by atoms with Gasteiger partial charge in [-0.25, -0.2) is 9.97 Å². The Kier molecular flexibility index (Phi) is 5.48. The molecular weight excluding hydrogens is 406 g/mol. The van der Waals surface area contributed by atoms with E-state index in [9.17, 15) is 4.79 Å². The molecule has 3 heterocycles. The maximum atomic E-state index is 12.5. The van der Waals surface area contributed by atoms with Gasteiger partial charge in [0.05, 0.1) is 25.5 Å². The smallest absolute Gasteiger partial charge is 0.253 e. The van der Waals surface area contributed by atoms with Crippen molar-refractivity contribution in [3.8, 4) is 17.0 Å². The molecule has 2 fully saturated rings. The van der Waals surface area contributed by atoms with E-state index in [1.807, 2.05) is 40.0 Å². The van der Waals surface area contributed by atoms with Crippen LogP contribution in [0, 0.1) is 5.92 Å². The van der Waals surface area contributed by atoms with Gasteiger partial charge in [0.2, 0.25) is 5.95 Å². The van der Waals surface area contributed by atoms with E-state index in [0.717, 1.165) is 30.8 Å². The summed E-state index contributed by atoms with van der Waals surface area (Å²) >= 11 is 0. The van der Waals surface area contributed by atoms with Gasteiger partial charge in [0.15, 0.2) is 5.75 Å². The number of amides is 1. The summed E-state index contributed by atoms with van der Waals surface area (Å²) in [5.41, 5.74) is 8.87. The highest BCUT2D eigenvalue weighted by Crippen LogP contribution is 2.39. The minimum Gasteiger partial charge on any atom is -0.493 e. The normalized spacial score (nSPS) is 16.4. The van der Waals surface area contributed by atoms with E-state index in [1.54, 1.807) is 19.5 Å². The fourth-order valence-corrected chi connectivity index (χ4v) is 3.99. The first-order chi connectivity index (χ1) is 15.7. The summed E-state index contributed by atoms with van der Waals surface area (Å²) in [5.74, 6) is 1.63. The predicted octanol–water partition coefficient (Wildman–Crippen LogP) is 2.85. The Bertz CT molecular complexity index is 1120. The molecule has 0 spiro atoms. The number of carbonyl (C=O) groups is 1. The summed E-state index contributed by atoms with van der Waals surface area (Å²) in [4.78, 5) is 23.4. The number of nitrogens with zero attached hydrogens (tertiary/aromatic N) is 5. The van der Waals surface area contributed by atoms with Crippen LogP contribution >= 0.6 is 0 Å². The van der Waals surface area contributed by atoms with Gasteiger partial charge < -0.3 is 20.7 Å². The van der Waals surface area contributed by atoms with Crippen LogP contribution in [0.1, 0.15) is 35.7 Å². The molecule has 5 rings (SSSR count). The molecule has 1 unspecified atom stereocenters. The zero-order chi connectivity index (χ0) is 22.1. The molecule has 2 aromatic heterocycles. The zero-order valence-electron chi connectivity index (χ0n) is 18.1. The van der Waals surface area contributed by atoms with E-state index in [2.05, 4.69) is 20.4 Å². The van der Waals surface area contributed by atoms with E-state index < -0.39 is 0 Å². The Hall–Kier alpha value is -3.46. The van der Waals surface area contributed by atoms with Crippen LogP contribution in [0.15, 0.2) is 42.9 Å². The second-order valence-electron chi connectivity index (χ2n) is 8.31. The summed E-state index contributed by atoms with van der Waals surface area (Å²) in [5, 5.41) is 7.74. The van der Waals surface area contributed by atoms with E-state index in [-0.39, 0.29) is 11.9 Å². The first kappa shape index (κ1) is 20.4. The van der Waals surface area contributed by atoms with E-state index >= 15 is 0 Å². The fraction of sp³-hybridized carbons (Fsp3) is 0.391. The van der Waals surface area contributed by atoms with Crippen molar-refractivity contribution in [3.63, 3.8) is 0 Å². The van der Waals surface area contributed by atoms with Gasteiger partial charge in [0, 0.05) is 42.6 Å². The van der Waals surface area contributed by atoms with Crippen LogP contribution in [0.4, 0.5) is 11.6 Å². The van der Waals surface area contributed by atoms with Gasteiger partial charge in [-0.15, -0.1) is 0 Å². The first-order valence-corrected chi connectivity index (χ1v) is 11.0. The van der Waals surface area contributed by atoms with E-state index in [1.165, 1.54) is 12.8 Å². The van der Waals surface area contributed by atoms with Gasteiger partial charge >= 0.3 is 0 Å². The summed E-state index contributed by atoms with van der Waals surface area (Å²) in [6.07, 6.45) is 8.85. The molecule has 1 atom stereocenters. The lowest BCUT2D eigenvalue weighted by atomic mass is 10.1. The third-order valence-corrected chi connectivity index (χ3v) is 6.11. The maximum absolute atomic E-state index is 12.5. The van der Waals surface area contributed by atoms with E-state index in [4.69, 9.17) is 10.5 Å². The number of aromatic nitrogens is 4. The second-order valence-corrected chi connectivity index (χ2v) is 8.31. The van der Waals surface area contributed by atoms with Gasteiger partial charge in [0.1, 0.15) is 5.69 Å². The topological polar surface area (TPSA) is 111 Å². The minimum absolute atomic E-state index is 0.0498. The number of benzene rings is 1. The third kappa shape index (κ3) is 4.03. The first-order valence-electron chi connectivity index (χ1n) is 11.0. The molecule has 3 aromatic rings. The number of ether oxygens (including phenoxy) is 1. The molecule has 32 heavy (non-hydrogen) atoms. The number of nitrogens with one attached hydrogen (secondary N) is 1. The Morgan fingerprint density at radius 2 is 2.16 bits per heavy atom. The number of hydrogen-bond donors (Lipinski definition) is 2. The Labute approximate surface area is 186 Å².